The predicted molar refractivity (Wildman–Crippen MR) is 157 cm³/mol. The number of aliphatic hydroxyl groups excluding tert-OH is 1. The number of nitrogens with zero attached hydrogens (tertiary/aromatic N) is 5. The van der Waals surface area contributed by atoms with Crippen LogP contribution in [0.15, 0.2) is 29.9 Å². The Hall–Kier alpha value is -3.11. The molecular weight excluding hydrogens is 536 g/mol. The number of carbonyl (C=O) groups excluding carboxylic acids is 2. The van der Waals surface area contributed by atoms with Gasteiger partial charge in [0.15, 0.2) is 0 Å². The van der Waals surface area contributed by atoms with E-state index in [-0.39, 0.29) is 30.8 Å². The van der Waals surface area contributed by atoms with E-state index < -0.39 is 23.6 Å². The number of likely N-dealkylation sites (tertiary alicyclic amines) is 1. The standard InChI is InChI=1S/C31H40N6O3S/c1-18-27(41-17-32-18)21-11-12-23-20(13-21)7-5-6-8-24(23)33-29(39)26-14-22(38)15-36(26)30(40)28(31(2,3)4)37-16-25(34-35-37)19-9-10-19/h11-13,16-17,19,22,24,26,28,38H,5-10,14-15H2,1-4H3,(H,33,39)/t22-,24+,26+,28?/m1/s1. The highest BCUT2D eigenvalue weighted by molar-refractivity contribution is 7.13. The Morgan fingerprint density at radius 2 is 1.98 bits per heavy atom. The number of hydrogen-bond acceptors (Lipinski definition) is 7. The Morgan fingerprint density at radius 3 is 2.68 bits per heavy atom. The summed E-state index contributed by atoms with van der Waals surface area (Å²) in [5, 5.41) is 22.6. The fourth-order valence-electron chi connectivity index (χ4n) is 6.45. The summed E-state index contributed by atoms with van der Waals surface area (Å²) in [6.07, 6.45) is 7.44. The number of thiazole rings is 1. The first-order valence-corrected chi connectivity index (χ1v) is 15.7. The smallest absolute Gasteiger partial charge is 0.248 e. The SMILES string of the molecule is Cc1ncsc1-c1ccc2c(c1)CCCC[C@@H]2NC(=O)[C@@H]1C[C@@H](O)CN1C(=O)C(n1cc(C2CC2)nn1)C(C)(C)C. The number of aromatic nitrogens is 4. The van der Waals surface area contributed by atoms with Crippen LogP contribution in [-0.2, 0) is 16.0 Å². The first-order valence-electron chi connectivity index (χ1n) is 14.8. The summed E-state index contributed by atoms with van der Waals surface area (Å²) in [5.41, 5.74) is 6.92. The van der Waals surface area contributed by atoms with Gasteiger partial charge < -0.3 is 15.3 Å². The second-order valence-electron chi connectivity index (χ2n) is 13.0. The number of aryl methyl sites for hydroxylation is 2. The summed E-state index contributed by atoms with van der Waals surface area (Å²) in [6.45, 7) is 8.16. The maximum atomic E-state index is 14.1. The van der Waals surface area contributed by atoms with E-state index in [1.165, 1.54) is 10.4 Å². The van der Waals surface area contributed by atoms with Crippen LogP contribution in [0.4, 0.5) is 0 Å². The van der Waals surface area contributed by atoms with Crippen molar-refractivity contribution in [2.45, 2.75) is 103 Å². The first-order chi connectivity index (χ1) is 19.6. The van der Waals surface area contributed by atoms with Gasteiger partial charge in [-0.2, -0.15) is 0 Å². The molecule has 41 heavy (non-hydrogen) atoms. The van der Waals surface area contributed by atoms with E-state index in [1.807, 2.05) is 39.4 Å². The second-order valence-corrected chi connectivity index (χ2v) is 13.9. The van der Waals surface area contributed by atoms with E-state index >= 15 is 0 Å². The van der Waals surface area contributed by atoms with Gasteiger partial charge in [-0.3, -0.25) is 9.59 Å². The third-order valence-electron chi connectivity index (χ3n) is 8.74. The zero-order valence-corrected chi connectivity index (χ0v) is 25.2. The van der Waals surface area contributed by atoms with E-state index in [0.29, 0.717) is 5.92 Å². The minimum Gasteiger partial charge on any atom is -0.391 e. The lowest BCUT2D eigenvalue weighted by atomic mass is 9.85. The molecule has 2 aliphatic carbocycles. The number of rotatable bonds is 6. The molecule has 2 amide bonds. The summed E-state index contributed by atoms with van der Waals surface area (Å²) < 4.78 is 1.67. The lowest BCUT2D eigenvalue weighted by Gasteiger charge is -2.35. The highest BCUT2D eigenvalue weighted by Gasteiger charge is 2.46. The third kappa shape index (κ3) is 5.68. The molecule has 0 bridgehead atoms. The number of carbonyl (C=O) groups is 2. The average molecular weight is 577 g/mol. The number of nitrogens with one attached hydrogen (secondary N) is 1. The number of amides is 2. The van der Waals surface area contributed by atoms with Gasteiger partial charge in [0.2, 0.25) is 11.8 Å². The van der Waals surface area contributed by atoms with Gasteiger partial charge in [0.1, 0.15) is 12.1 Å². The lowest BCUT2D eigenvalue weighted by Crippen LogP contribution is -2.50. The number of fused-ring (bicyclic) bond motifs is 1. The molecule has 1 saturated heterocycles. The Morgan fingerprint density at radius 1 is 1.17 bits per heavy atom. The number of aliphatic hydroxyl groups is 1. The molecular formula is C31H40N6O3S. The highest BCUT2D eigenvalue weighted by Crippen LogP contribution is 2.41. The molecule has 0 spiro atoms. The first kappa shape index (κ1) is 28.0. The fourth-order valence-corrected chi connectivity index (χ4v) is 7.25. The predicted octanol–water partition coefficient (Wildman–Crippen LogP) is 4.72. The summed E-state index contributed by atoms with van der Waals surface area (Å²) in [5.74, 6) is 0.0171. The van der Waals surface area contributed by atoms with Crippen molar-refractivity contribution in [1.29, 1.82) is 0 Å². The van der Waals surface area contributed by atoms with Gasteiger partial charge >= 0.3 is 0 Å². The molecule has 2 aromatic heterocycles. The average Bonchev–Trinajstić information content (AvgIpc) is 3.37. The molecule has 6 rings (SSSR count). The Bertz CT molecular complexity index is 1440. The lowest BCUT2D eigenvalue weighted by molar-refractivity contribution is -0.144. The van der Waals surface area contributed by atoms with Crippen molar-refractivity contribution >= 4 is 23.2 Å². The highest BCUT2D eigenvalue weighted by atomic mass is 32.1. The minimum absolute atomic E-state index is 0.131. The summed E-state index contributed by atoms with van der Waals surface area (Å²) in [6, 6.07) is 5.01. The van der Waals surface area contributed by atoms with Gasteiger partial charge in [-0.25, -0.2) is 9.67 Å². The van der Waals surface area contributed by atoms with Crippen molar-refractivity contribution in [2.24, 2.45) is 5.41 Å². The van der Waals surface area contributed by atoms with Gasteiger partial charge in [0.05, 0.1) is 33.9 Å². The summed E-state index contributed by atoms with van der Waals surface area (Å²) >= 11 is 1.65. The van der Waals surface area contributed by atoms with Crippen LogP contribution in [0.3, 0.4) is 0 Å². The maximum Gasteiger partial charge on any atom is 0.248 e. The molecule has 2 N–H and O–H groups in total. The van der Waals surface area contributed by atoms with Gasteiger partial charge in [-0.05, 0) is 67.2 Å². The normalized spacial score (nSPS) is 23.6. The van der Waals surface area contributed by atoms with Crippen LogP contribution in [0, 0.1) is 12.3 Å². The van der Waals surface area contributed by atoms with Crippen LogP contribution in [0.2, 0.25) is 0 Å². The summed E-state index contributed by atoms with van der Waals surface area (Å²) in [4.78, 5) is 35.1. The van der Waals surface area contributed by atoms with E-state index in [0.717, 1.165) is 61.0 Å². The molecule has 3 aromatic rings. The van der Waals surface area contributed by atoms with E-state index in [1.54, 1.807) is 20.9 Å². The van der Waals surface area contributed by atoms with E-state index in [4.69, 9.17) is 0 Å². The number of β-amino-alcohol motifs (C(OH)–C–C–N with tert-alkyl or cyclic N) is 1. The molecule has 2 fully saturated rings. The minimum atomic E-state index is -0.750. The van der Waals surface area contributed by atoms with Crippen molar-refractivity contribution in [3.05, 3.63) is 52.4 Å². The molecule has 218 valence electrons. The van der Waals surface area contributed by atoms with Crippen LogP contribution >= 0.6 is 11.3 Å². The van der Waals surface area contributed by atoms with Crippen LogP contribution in [0.1, 0.15) is 99.8 Å². The molecule has 3 aliphatic rings. The van der Waals surface area contributed by atoms with Crippen molar-refractivity contribution in [3.63, 3.8) is 0 Å². The van der Waals surface area contributed by atoms with Crippen LogP contribution in [-0.4, -0.2) is 60.5 Å². The van der Waals surface area contributed by atoms with Crippen molar-refractivity contribution in [2.75, 3.05) is 6.54 Å². The Balaban J connectivity index is 1.23. The monoisotopic (exact) mass is 576 g/mol. The van der Waals surface area contributed by atoms with Gasteiger partial charge in [0, 0.05) is 25.1 Å². The van der Waals surface area contributed by atoms with Gasteiger partial charge in [-0.1, -0.05) is 44.5 Å². The zero-order valence-electron chi connectivity index (χ0n) is 24.3. The molecule has 0 radical (unpaired) electrons. The van der Waals surface area contributed by atoms with Crippen molar-refractivity contribution in [3.8, 4) is 10.4 Å². The largest absolute Gasteiger partial charge is 0.391 e. The molecule has 4 atom stereocenters. The molecule has 9 nitrogen and oxygen atoms in total. The van der Waals surface area contributed by atoms with Gasteiger partial charge in [-0.15, -0.1) is 16.4 Å². The van der Waals surface area contributed by atoms with E-state index in [9.17, 15) is 14.7 Å². The zero-order chi connectivity index (χ0) is 28.9. The number of hydrogen-bond donors (Lipinski definition) is 2. The quantitative estimate of drug-likeness (QED) is 0.411. The van der Waals surface area contributed by atoms with Crippen molar-refractivity contribution in [1.82, 2.24) is 30.2 Å². The molecule has 1 aromatic carbocycles. The topological polar surface area (TPSA) is 113 Å². The number of benzene rings is 1. The Kier molecular flexibility index (Phi) is 7.48. The fraction of sp³-hybridized carbons (Fsp3) is 0.581. The molecule has 10 heteroatoms. The summed E-state index contributed by atoms with van der Waals surface area (Å²) in [7, 11) is 0. The van der Waals surface area contributed by atoms with Crippen LogP contribution in [0.25, 0.3) is 10.4 Å². The third-order valence-corrected chi connectivity index (χ3v) is 9.72. The maximum absolute atomic E-state index is 14.1. The second kappa shape index (κ2) is 10.9. The molecule has 1 aliphatic heterocycles. The molecule has 1 saturated carbocycles. The Labute approximate surface area is 245 Å². The molecule has 1 unspecified atom stereocenters. The van der Waals surface area contributed by atoms with Crippen LogP contribution in [0.5, 0.6) is 0 Å². The van der Waals surface area contributed by atoms with Crippen LogP contribution < -0.4 is 5.32 Å². The molecule has 3 heterocycles. The van der Waals surface area contributed by atoms with E-state index in [2.05, 4.69) is 38.8 Å². The van der Waals surface area contributed by atoms with Crippen molar-refractivity contribution < 1.29 is 14.7 Å². The van der Waals surface area contributed by atoms with Gasteiger partial charge in [0.25, 0.3) is 0 Å².